The number of nitrogens with zero attached hydrogens (tertiary/aromatic N) is 1. The Morgan fingerprint density at radius 1 is 1.29 bits per heavy atom. The molecule has 0 aromatic heterocycles. The second kappa shape index (κ2) is 7.28. The molecule has 3 amide bonds. The van der Waals surface area contributed by atoms with E-state index in [0.29, 0.717) is 17.8 Å². The lowest BCUT2D eigenvalue weighted by Gasteiger charge is -2.18. The molecule has 7 nitrogen and oxygen atoms in total. The van der Waals surface area contributed by atoms with Crippen molar-refractivity contribution in [1.82, 2.24) is 10.2 Å². The van der Waals surface area contributed by atoms with Gasteiger partial charge in [0, 0.05) is 19.3 Å². The molecule has 0 heterocycles. The Bertz CT molecular complexity index is 557. The molecule has 0 aliphatic rings. The van der Waals surface area contributed by atoms with E-state index in [2.05, 4.69) is 10.6 Å². The molecule has 0 saturated heterocycles. The molecule has 7 heteroatoms. The van der Waals surface area contributed by atoms with E-state index >= 15 is 0 Å². The summed E-state index contributed by atoms with van der Waals surface area (Å²) < 4.78 is 0. The van der Waals surface area contributed by atoms with Gasteiger partial charge in [0.05, 0.1) is 5.56 Å². The van der Waals surface area contributed by atoms with Gasteiger partial charge < -0.3 is 20.6 Å². The number of anilines is 1. The minimum absolute atomic E-state index is 0.0497. The number of hydrogen-bond donors (Lipinski definition) is 3. The molecular weight excluding hydrogens is 274 g/mol. The summed E-state index contributed by atoms with van der Waals surface area (Å²) in [5.41, 5.74) is 1.29. The topological polar surface area (TPSA) is 98.7 Å². The van der Waals surface area contributed by atoms with Gasteiger partial charge in [0.25, 0.3) is 0 Å². The van der Waals surface area contributed by atoms with Crippen molar-refractivity contribution in [3.63, 3.8) is 0 Å². The van der Waals surface area contributed by atoms with E-state index in [1.807, 2.05) is 0 Å². The third-order valence-corrected chi connectivity index (χ3v) is 2.82. The van der Waals surface area contributed by atoms with E-state index in [0.717, 1.165) is 0 Å². The summed E-state index contributed by atoms with van der Waals surface area (Å²) in [5, 5.41) is 14.1. The molecule has 1 aromatic carbocycles. The van der Waals surface area contributed by atoms with Crippen LogP contribution in [0, 0.1) is 6.92 Å². The van der Waals surface area contributed by atoms with Crippen LogP contribution in [-0.4, -0.2) is 48.1 Å². The second-order valence-corrected chi connectivity index (χ2v) is 4.57. The molecule has 0 saturated carbocycles. The Morgan fingerprint density at radius 2 is 1.95 bits per heavy atom. The zero-order valence-electron chi connectivity index (χ0n) is 12.3. The Hall–Kier alpha value is -2.57. The van der Waals surface area contributed by atoms with Crippen LogP contribution < -0.4 is 10.6 Å². The molecule has 0 aliphatic heterocycles. The fourth-order valence-electron chi connectivity index (χ4n) is 1.69. The molecule has 3 N–H and O–H groups in total. The Balaban J connectivity index is 2.70. The number of likely N-dealkylation sites (N-methyl/N-ethyl adjacent to an activating group) is 2. The first kappa shape index (κ1) is 16.5. The van der Waals surface area contributed by atoms with Gasteiger partial charge in [0.2, 0.25) is 5.91 Å². The van der Waals surface area contributed by atoms with Crippen LogP contribution in [0.25, 0.3) is 0 Å². The van der Waals surface area contributed by atoms with E-state index in [4.69, 9.17) is 5.11 Å². The van der Waals surface area contributed by atoms with E-state index in [1.54, 1.807) is 13.8 Å². The van der Waals surface area contributed by atoms with Gasteiger partial charge in [-0.1, -0.05) is 0 Å². The predicted octanol–water partition coefficient (Wildman–Crippen LogP) is 1.29. The number of rotatable bonds is 5. The third kappa shape index (κ3) is 4.79. The first-order valence-electron chi connectivity index (χ1n) is 6.48. The molecule has 0 spiro atoms. The Kier molecular flexibility index (Phi) is 5.71. The van der Waals surface area contributed by atoms with Gasteiger partial charge in [0.1, 0.15) is 6.54 Å². The summed E-state index contributed by atoms with van der Waals surface area (Å²) in [7, 11) is 1.51. The average Bonchev–Trinajstić information content (AvgIpc) is 2.40. The highest BCUT2D eigenvalue weighted by Crippen LogP contribution is 2.17. The van der Waals surface area contributed by atoms with Crippen LogP contribution in [0.4, 0.5) is 10.5 Å². The zero-order chi connectivity index (χ0) is 16.0. The highest BCUT2D eigenvalue weighted by atomic mass is 16.4. The van der Waals surface area contributed by atoms with Crippen LogP contribution in [0.5, 0.6) is 0 Å². The minimum atomic E-state index is -1.02. The SMILES string of the molecule is CCNC(=O)CN(C)C(=O)Nc1ccc(C(=O)O)cc1C. The number of carboxylic acids is 1. The van der Waals surface area contributed by atoms with Crippen molar-refractivity contribution in [3.05, 3.63) is 29.3 Å². The van der Waals surface area contributed by atoms with Gasteiger partial charge in [-0.05, 0) is 37.6 Å². The van der Waals surface area contributed by atoms with Crippen molar-refractivity contribution in [2.24, 2.45) is 0 Å². The van der Waals surface area contributed by atoms with E-state index in [1.165, 1.54) is 30.1 Å². The van der Waals surface area contributed by atoms with Crippen LogP contribution >= 0.6 is 0 Å². The summed E-state index contributed by atoms with van der Waals surface area (Å²) in [6.07, 6.45) is 0. The van der Waals surface area contributed by atoms with E-state index in [-0.39, 0.29) is 18.0 Å². The number of carbonyl (C=O) groups excluding carboxylic acids is 2. The van der Waals surface area contributed by atoms with Crippen LogP contribution in [-0.2, 0) is 4.79 Å². The number of aryl methyl sites for hydroxylation is 1. The van der Waals surface area contributed by atoms with Crippen molar-refractivity contribution in [2.75, 3.05) is 25.5 Å². The number of hydrogen-bond acceptors (Lipinski definition) is 3. The largest absolute Gasteiger partial charge is 0.478 e. The Labute approximate surface area is 122 Å². The summed E-state index contributed by atoms with van der Waals surface area (Å²) in [6.45, 7) is 3.95. The average molecular weight is 293 g/mol. The van der Waals surface area contributed by atoms with Gasteiger partial charge in [-0.15, -0.1) is 0 Å². The maximum Gasteiger partial charge on any atom is 0.335 e. The molecule has 21 heavy (non-hydrogen) atoms. The highest BCUT2D eigenvalue weighted by Gasteiger charge is 2.14. The summed E-state index contributed by atoms with van der Waals surface area (Å²) >= 11 is 0. The van der Waals surface area contributed by atoms with Crippen molar-refractivity contribution < 1.29 is 19.5 Å². The summed E-state index contributed by atoms with van der Waals surface area (Å²) in [5.74, 6) is -1.27. The second-order valence-electron chi connectivity index (χ2n) is 4.57. The quantitative estimate of drug-likeness (QED) is 0.762. The lowest BCUT2D eigenvalue weighted by atomic mass is 10.1. The molecule has 0 radical (unpaired) electrons. The maximum atomic E-state index is 11.9. The van der Waals surface area contributed by atoms with Crippen LogP contribution in [0.15, 0.2) is 18.2 Å². The molecular formula is C14H19N3O4. The molecule has 114 valence electrons. The fourth-order valence-corrected chi connectivity index (χ4v) is 1.69. The van der Waals surface area contributed by atoms with Gasteiger partial charge in [-0.2, -0.15) is 0 Å². The van der Waals surface area contributed by atoms with Gasteiger partial charge >= 0.3 is 12.0 Å². The van der Waals surface area contributed by atoms with Crippen molar-refractivity contribution >= 4 is 23.6 Å². The number of aromatic carboxylic acids is 1. The fraction of sp³-hybridized carbons (Fsp3) is 0.357. The predicted molar refractivity (Wildman–Crippen MR) is 78.5 cm³/mol. The lowest BCUT2D eigenvalue weighted by Crippen LogP contribution is -2.40. The normalized spacial score (nSPS) is 9.86. The number of urea groups is 1. The first-order valence-corrected chi connectivity index (χ1v) is 6.48. The van der Waals surface area contributed by atoms with E-state index in [9.17, 15) is 14.4 Å². The number of amides is 3. The van der Waals surface area contributed by atoms with Gasteiger partial charge in [0.15, 0.2) is 0 Å². The first-order chi connectivity index (χ1) is 9.85. The number of nitrogens with one attached hydrogen (secondary N) is 2. The van der Waals surface area contributed by atoms with Crippen LogP contribution in [0.3, 0.4) is 0 Å². The minimum Gasteiger partial charge on any atom is -0.478 e. The molecule has 1 rings (SSSR count). The standard InChI is InChI=1S/C14H19N3O4/c1-4-15-12(18)8-17(3)14(21)16-11-6-5-10(13(19)20)7-9(11)2/h5-7H,4,8H2,1-3H3,(H,15,18)(H,16,21)(H,19,20). The molecule has 0 fully saturated rings. The van der Waals surface area contributed by atoms with Gasteiger partial charge in [-0.25, -0.2) is 9.59 Å². The van der Waals surface area contributed by atoms with Crippen LogP contribution in [0.2, 0.25) is 0 Å². The smallest absolute Gasteiger partial charge is 0.335 e. The molecule has 0 bridgehead atoms. The monoisotopic (exact) mass is 293 g/mol. The number of carbonyl (C=O) groups is 3. The molecule has 0 unspecified atom stereocenters. The number of carboxylic acid groups (broad SMARTS) is 1. The summed E-state index contributed by atoms with van der Waals surface area (Å²) in [6, 6.07) is 3.97. The number of benzene rings is 1. The van der Waals surface area contributed by atoms with E-state index < -0.39 is 12.0 Å². The molecule has 1 aromatic rings. The molecule has 0 aliphatic carbocycles. The van der Waals surface area contributed by atoms with Crippen LogP contribution in [0.1, 0.15) is 22.8 Å². The van der Waals surface area contributed by atoms with Crippen molar-refractivity contribution in [3.8, 4) is 0 Å². The lowest BCUT2D eigenvalue weighted by molar-refractivity contribution is -0.121. The highest BCUT2D eigenvalue weighted by molar-refractivity contribution is 5.94. The third-order valence-electron chi connectivity index (χ3n) is 2.82. The summed E-state index contributed by atoms with van der Waals surface area (Å²) in [4.78, 5) is 35.4. The van der Waals surface area contributed by atoms with Crippen molar-refractivity contribution in [1.29, 1.82) is 0 Å². The van der Waals surface area contributed by atoms with Crippen molar-refractivity contribution in [2.45, 2.75) is 13.8 Å². The van der Waals surface area contributed by atoms with Gasteiger partial charge in [-0.3, -0.25) is 4.79 Å². The zero-order valence-corrected chi connectivity index (χ0v) is 12.3. The molecule has 0 atom stereocenters. The maximum absolute atomic E-state index is 11.9. The Morgan fingerprint density at radius 3 is 2.48 bits per heavy atom.